The highest BCUT2D eigenvalue weighted by Gasteiger charge is 2.22. The normalized spacial score (nSPS) is 14.4. The topological polar surface area (TPSA) is 98.8 Å². The molecule has 0 aromatic heterocycles. The van der Waals surface area contributed by atoms with Crippen LogP contribution in [0.4, 0.5) is 11.4 Å². The zero-order valence-electron chi connectivity index (χ0n) is 24.1. The van der Waals surface area contributed by atoms with Crippen LogP contribution in [0.2, 0.25) is 0 Å². The van der Waals surface area contributed by atoms with Gasteiger partial charge in [-0.15, -0.1) is 0 Å². The van der Waals surface area contributed by atoms with E-state index in [2.05, 4.69) is 65.4 Å². The van der Waals surface area contributed by atoms with Crippen LogP contribution in [0.25, 0.3) is 0 Å². The second-order valence-electron chi connectivity index (χ2n) is 9.90. The molecule has 8 heteroatoms. The number of rotatable bonds is 13. The van der Waals surface area contributed by atoms with Crippen LogP contribution in [0.3, 0.4) is 0 Å². The Labute approximate surface area is 243 Å². The summed E-state index contributed by atoms with van der Waals surface area (Å²) >= 11 is 0. The van der Waals surface area contributed by atoms with E-state index in [0.29, 0.717) is 13.0 Å². The summed E-state index contributed by atoms with van der Waals surface area (Å²) in [5.41, 5.74) is 10.4. The van der Waals surface area contributed by atoms with Gasteiger partial charge >= 0.3 is 0 Å². The smallest absolute Gasteiger partial charge is 0.250 e. The highest BCUT2D eigenvalue weighted by atomic mass is 16.6. The zero-order chi connectivity index (χ0) is 29.0. The minimum Gasteiger partial charge on any atom is -0.388 e. The van der Waals surface area contributed by atoms with Gasteiger partial charge in [-0.25, -0.2) is 10.5 Å². The van der Waals surface area contributed by atoms with Crippen LogP contribution in [0, 0.1) is 6.92 Å². The lowest BCUT2D eigenvalue weighted by atomic mass is 10.0. The van der Waals surface area contributed by atoms with Gasteiger partial charge in [0.15, 0.2) is 0 Å². The second kappa shape index (κ2) is 14.8. The van der Waals surface area contributed by atoms with Crippen LogP contribution in [0.5, 0.6) is 0 Å². The molecule has 1 aliphatic heterocycles. The Morgan fingerprint density at radius 2 is 1.83 bits per heavy atom. The van der Waals surface area contributed by atoms with Gasteiger partial charge in [-0.05, 0) is 60.4 Å². The standard InChI is InChI=1S/C33H40N6O2/c1-5-18-34-28(21-31(40)37-27-12-8-7-9-13-27)19-24(4)36-33-29-14-10-11-15-30(29)38-32(39-33)25-17-16-23(3)26(20-25)22-41-35-6-2/h7-17,20-21,32,34-35,38H,4-6,18-19,22H2,1-3H3,(H,36,39)(H,37,40)/b28-21+. The van der Waals surface area contributed by atoms with Gasteiger partial charge in [0.2, 0.25) is 5.91 Å². The van der Waals surface area contributed by atoms with Gasteiger partial charge in [-0.3, -0.25) is 9.63 Å². The summed E-state index contributed by atoms with van der Waals surface area (Å²) in [7, 11) is 0. The lowest BCUT2D eigenvalue weighted by Gasteiger charge is -2.27. The lowest BCUT2D eigenvalue weighted by Crippen LogP contribution is -2.31. The molecule has 0 aliphatic carbocycles. The Morgan fingerprint density at radius 1 is 1.05 bits per heavy atom. The molecule has 0 bridgehead atoms. The number of aryl methyl sites for hydroxylation is 1. The number of amidine groups is 1. The van der Waals surface area contributed by atoms with E-state index in [0.717, 1.165) is 70.4 Å². The molecule has 1 unspecified atom stereocenters. The van der Waals surface area contributed by atoms with Gasteiger partial charge in [-0.2, -0.15) is 0 Å². The number of nitrogens with one attached hydrogen (secondary N) is 5. The maximum absolute atomic E-state index is 12.7. The molecule has 1 aliphatic rings. The van der Waals surface area contributed by atoms with E-state index in [9.17, 15) is 4.79 Å². The monoisotopic (exact) mass is 552 g/mol. The fraction of sp³-hybridized carbons (Fsp3) is 0.273. The number of hydroxylamine groups is 1. The summed E-state index contributed by atoms with van der Waals surface area (Å²) < 4.78 is 0. The number of fused-ring (bicyclic) bond motifs is 1. The van der Waals surface area contributed by atoms with Gasteiger partial charge < -0.3 is 21.3 Å². The summed E-state index contributed by atoms with van der Waals surface area (Å²) in [6, 6.07) is 23.8. The number of hydrogen-bond acceptors (Lipinski definition) is 7. The molecule has 3 aromatic rings. The number of carbonyl (C=O) groups excluding carboxylic acids is 1. The molecule has 5 N–H and O–H groups in total. The third-order valence-corrected chi connectivity index (χ3v) is 6.54. The molecule has 214 valence electrons. The van der Waals surface area contributed by atoms with Crippen molar-refractivity contribution in [3.8, 4) is 0 Å². The van der Waals surface area contributed by atoms with Crippen molar-refractivity contribution >= 4 is 23.1 Å². The first-order chi connectivity index (χ1) is 20.0. The van der Waals surface area contributed by atoms with E-state index in [1.54, 1.807) is 6.08 Å². The van der Waals surface area contributed by atoms with Crippen LogP contribution in [0.15, 0.2) is 102 Å². The van der Waals surface area contributed by atoms with Gasteiger partial charge in [0, 0.05) is 53.9 Å². The first-order valence-electron chi connectivity index (χ1n) is 14.1. The summed E-state index contributed by atoms with van der Waals surface area (Å²) in [5.74, 6) is 0.532. The molecule has 0 saturated heterocycles. The van der Waals surface area contributed by atoms with Crippen molar-refractivity contribution < 1.29 is 9.63 Å². The Kier molecular flexibility index (Phi) is 10.7. The van der Waals surface area contributed by atoms with E-state index in [4.69, 9.17) is 9.83 Å². The van der Waals surface area contributed by atoms with E-state index >= 15 is 0 Å². The van der Waals surface area contributed by atoms with Crippen molar-refractivity contribution in [3.63, 3.8) is 0 Å². The molecule has 0 fully saturated rings. The Balaban J connectivity index is 1.52. The van der Waals surface area contributed by atoms with E-state index < -0.39 is 0 Å². The molecule has 1 atom stereocenters. The first kappa shape index (κ1) is 29.6. The van der Waals surface area contributed by atoms with Crippen LogP contribution in [0.1, 0.15) is 55.1 Å². The fourth-order valence-electron chi connectivity index (χ4n) is 4.45. The summed E-state index contributed by atoms with van der Waals surface area (Å²) in [6.45, 7) is 12.4. The van der Waals surface area contributed by atoms with Crippen molar-refractivity contribution in [2.45, 2.75) is 46.4 Å². The molecule has 0 spiro atoms. The molecule has 4 rings (SSSR count). The van der Waals surface area contributed by atoms with Gasteiger partial charge in [0.25, 0.3) is 0 Å². The number of carbonyl (C=O) groups is 1. The quantitative estimate of drug-likeness (QED) is 0.103. The van der Waals surface area contributed by atoms with Crippen molar-refractivity contribution in [2.75, 3.05) is 23.7 Å². The Morgan fingerprint density at radius 3 is 2.61 bits per heavy atom. The fourth-order valence-corrected chi connectivity index (χ4v) is 4.45. The van der Waals surface area contributed by atoms with Crippen molar-refractivity contribution in [2.24, 2.45) is 4.99 Å². The van der Waals surface area contributed by atoms with Gasteiger partial charge in [0.05, 0.1) is 6.61 Å². The van der Waals surface area contributed by atoms with E-state index in [-0.39, 0.29) is 12.1 Å². The SMILES string of the molecule is C=C(C/C(=C\C(=O)Nc1ccccc1)NCCC)NC1=NC(c2ccc(C)c(CONCC)c2)Nc2ccccc21. The maximum atomic E-state index is 12.7. The average molecular weight is 553 g/mol. The minimum absolute atomic E-state index is 0.194. The molecule has 41 heavy (non-hydrogen) atoms. The average Bonchev–Trinajstić information content (AvgIpc) is 2.97. The predicted octanol–water partition coefficient (Wildman–Crippen LogP) is 5.92. The Hall–Kier alpha value is -4.40. The molecule has 3 aromatic carbocycles. The molecule has 1 amide bonds. The van der Waals surface area contributed by atoms with Gasteiger partial charge in [0.1, 0.15) is 12.0 Å². The third-order valence-electron chi connectivity index (χ3n) is 6.54. The van der Waals surface area contributed by atoms with E-state index in [1.165, 1.54) is 0 Å². The number of aliphatic imine (C=N–C) groups is 1. The maximum Gasteiger partial charge on any atom is 0.250 e. The molecule has 0 saturated carbocycles. The van der Waals surface area contributed by atoms with Crippen molar-refractivity contribution in [1.29, 1.82) is 0 Å². The molecular weight excluding hydrogens is 512 g/mol. The molecule has 1 heterocycles. The molecule has 8 nitrogen and oxygen atoms in total. The number of nitrogens with zero attached hydrogens (tertiary/aromatic N) is 1. The zero-order valence-corrected chi connectivity index (χ0v) is 24.1. The van der Waals surface area contributed by atoms with Crippen LogP contribution in [-0.4, -0.2) is 24.8 Å². The highest BCUT2D eigenvalue weighted by molar-refractivity contribution is 6.05. The summed E-state index contributed by atoms with van der Waals surface area (Å²) in [5, 5.41) is 13.3. The second-order valence-corrected chi connectivity index (χ2v) is 9.90. The number of amides is 1. The van der Waals surface area contributed by atoms with E-state index in [1.807, 2.05) is 61.5 Å². The molecule has 0 radical (unpaired) electrons. The third kappa shape index (κ3) is 8.54. The number of anilines is 2. The van der Waals surface area contributed by atoms with Crippen LogP contribution < -0.4 is 26.7 Å². The number of benzene rings is 3. The van der Waals surface area contributed by atoms with Crippen molar-refractivity contribution in [3.05, 3.63) is 119 Å². The highest BCUT2D eigenvalue weighted by Crippen LogP contribution is 2.30. The van der Waals surface area contributed by atoms with Crippen LogP contribution >= 0.6 is 0 Å². The minimum atomic E-state index is -0.288. The largest absolute Gasteiger partial charge is 0.388 e. The van der Waals surface area contributed by atoms with Crippen molar-refractivity contribution in [1.82, 2.24) is 16.1 Å². The number of para-hydroxylation sites is 2. The summed E-state index contributed by atoms with van der Waals surface area (Å²) in [4.78, 5) is 23.4. The number of hydrogen-bond donors (Lipinski definition) is 5. The van der Waals surface area contributed by atoms with Crippen LogP contribution in [-0.2, 0) is 16.2 Å². The van der Waals surface area contributed by atoms with Gasteiger partial charge in [-0.1, -0.05) is 62.9 Å². The molecular formula is C33H40N6O2. The Bertz CT molecular complexity index is 1400. The summed E-state index contributed by atoms with van der Waals surface area (Å²) in [6.07, 6.45) is 2.68. The predicted molar refractivity (Wildman–Crippen MR) is 167 cm³/mol. The lowest BCUT2D eigenvalue weighted by molar-refractivity contribution is -0.112. The first-order valence-corrected chi connectivity index (χ1v) is 14.1.